The van der Waals surface area contributed by atoms with Crippen LogP contribution in [0.2, 0.25) is 0 Å². The monoisotopic (exact) mass is 247 g/mol. The normalized spacial score (nSPS) is 10.3. The van der Waals surface area contributed by atoms with Gasteiger partial charge in [0.05, 0.1) is 13.3 Å². The number of rotatable bonds is 5. The maximum atomic E-state index is 9.65. The van der Waals surface area contributed by atoms with Crippen molar-refractivity contribution in [2.45, 2.75) is 20.0 Å². The van der Waals surface area contributed by atoms with Crippen LogP contribution in [0.15, 0.2) is 30.6 Å². The van der Waals surface area contributed by atoms with Gasteiger partial charge in [-0.3, -0.25) is 4.68 Å². The minimum absolute atomic E-state index is 0.131. The second-order valence-electron chi connectivity index (χ2n) is 3.94. The second kappa shape index (κ2) is 5.44. The molecule has 0 aliphatic rings. The van der Waals surface area contributed by atoms with Gasteiger partial charge in [0.15, 0.2) is 11.5 Å². The molecule has 18 heavy (non-hydrogen) atoms. The highest BCUT2D eigenvalue weighted by Crippen LogP contribution is 2.28. The van der Waals surface area contributed by atoms with Gasteiger partial charge in [-0.25, -0.2) is 0 Å². The molecule has 0 amide bonds. The van der Waals surface area contributed by atoms with Gasteiger partial charge < -0.3 is 15.2 Å². The number of ether oxygens (including phenoxy) is 1. The molecule has 1 heterocycles. The fraction of sp³-hybridized carbons (Fsp3) is 0.308. The third-order valence-electron chi connectivity index (χ3n) is 2.69. The second-order valence-corrected chi connectivity index (χ2v) is 3.94. The molecule has 0 bridgehead atoms. The van der Waals surface area contributed by atoms with E-state index < -0.39 is 0 Å². The number of anilines is 1. The number of nitrogens with one attached hydrogen (secondary N) is 1. The lowest BCUT2D eigenvalue weighted by molar-refractivity contribution is 0.373. The third kappa shape index (κ3) is 2.74. The van der Waals surface area contributed by atoms with E-state index >= 15 is 0 Å². The molecule has 0 radical (unpaired) electrons. The lowest BCUT2D eigenvalue weighted by atomic mass is 10.2. The first-order valence-electron chi connectivity index (χ1n) is 5.85. The standard InChI is InChI=1S/C13H17N3O2/c1-3-16-9-10(8-15-16)7-14-11-4-5-13(18-2)12(17)6-11/h4-6,8-9,14,17H,3,7H2,1-2H3. The Balaban J connectivity index is 1.99. The molecule has 5 nitrogen and oxygen atoms in total. The summed E-state index contributed by atoms with van der Waals surface area (Å²) in [6.07, 6.45) is 3.83. The van der Waals surface area contributed by atoms with E-state index in [1.807, 2.05) is 30.1 Å². The molecule has 0 atom stereocenters. The summed E-state index contributed by atoms with van der Waals surface area (Å²) in [5.74, 6) is 0.603. The van der Waals surface area contributed by atoms with Crippen LogP contribution in [0.4, 0.5) is 5.69 Å². The van der Waals surface area contributed by atoms with Gasteiger partial charge in [0.1, 0.15) is 0 Å². The zero-order valence-corrected chi connectivity index (χ0v) is 10.6. The number of methoxy groups -OCH3 is 1. The lowest BCUT2D eigenvalue weighted by Crippen LogP contribution is -1.98. The van der Waals surface area contributed by atoms with Crippen molar-refractivity contribution in [1.29, 1.82) is 0 Å². The summed E-state index contributed by atoms with van der Waals surface area (Å²) in [6.45, 7) is 3.58. The molecule has 1 aromatic carbocycles. The average molecular weight is 247 g/mol. The molecule has 2 aromatic rings. The molecule has 0 aliphatic heterocycles. The van der Waals surface area contributed by atoms with Crippen molar-refractivity contribution >= 4 is 5.69 Å². The van der Waals surface area contributed by atoms with Crippen LogP contribution >= 0.6 is 0 Å². The van der Waals surface area contributed by atoms with Crippen molar-refractivity contribution in [3.63, 3.8) is 0 Å². The Hall–Kier alpha value is -2.17. The lowest BCUT2D eigenvalue weighted by Gasteiger charge is -2.08. The predicted molar refractivity (Wildman–Crippen MR) is 69.9 cm³/mol. The molecule has 0 saturated carbocycles. The molecule has 0 unspecified atom stereocenters. The number of hydrogen-bond acceptors (Lipinski definition) is 4. The highest BCUT2D eigenvalue weighted by Gasteiger charge is 2.03. The van der Waals surface area contributed by atoms with Crippen LogP contribution < -0.4 is 10.1 Å². The first-order valence-corrected chi connectivity index (χ1v) is 5.85. The number of phenolic OH excluding ortho intramolecular Hbond substituents is 1. The van der Waals surface area contributed by atoms with E-state index in [4.69, 9.17) is 4.74 Å². The van der Waals surface area contributed by atoms with E-state index in [1.165, 1.54) is 7.11 Å². The summed E-state index contributed by atoms with van der Waals surface area (Å²) < 4.78 is 6.87. The van der Waals surface area contributed by atoms with E-state index in [2.05, 4.69) is 10.4 Å². The summed E-state index contributed by atoms with van der Waals surface area (Å²) in [7, 11) is 1.53. The van der Waals surface area contributed by atoms with Gasteiger partial charge in [-0.05, 0) is 19.1 Å². The number of nitrogens with zero attached hydrogens (tertiary/aromatic N) is 2. The van der Waals surface area contributed by atoms with Crippen molar-refractivity contribution in [2.24, 2.45) is 0 Å². The van der Waals surface area contributed by atoms with Gasteiger partial charge >= 0.3 is 0 Å². The van der Waals surface area contributed by atoms with Crippen LogP contribution in [0.25, 0.3) is 0 Å². The number of benzene rings is 1. The average Bonchev–Trinajstić information content (AvgIpc) is 2.84. The molecule has 2 N–H and O–H groups in total. The summed E-state index contributed by atoms with van der Waals surface area (Å²) in [6, 6.07) is 5.24. The largest absolute Gasteiger partial charge is 0.504 e. The smallest absolute Gasteiger partial charge is 0.160 e. The van der Waals surface area contributed by atoms with Gasteiger partial charge in [0.2, 0.25) is 0 Å². The molecule has 5 heteroatoms. The zero-order chi connectivity index (χ0) is 13.0. The number of phenols is 1. The van der Waals surface area contributed by atoms with Crippen molar-refractivity contribution < 1.29 is 9.84 Å². The SMILES string of the molecule is CCn1cc(CNc2ccc(OC)c(O)c2)cn1. The van der Waals surface area contributed by atoms with Crippen LogP contribution in [0.1, 0.15) is 12.5 Å². The van der Waals surface area contributed by atoms with Gasteiger partial charge in [-0.15, -0.1) is 0 Å². The van der Waals surface area contributed by atoms with E-state index in [9.17, 15) is 5.11 Å². The van der Waals surface area contributed by atoms with Crippen molar-refractivity contribution in [2.75, 3.05) is 12.4 Å². The quantitative estimate of drug-likeness (QED) is 0.850. The summed E-state index contributed by atoms with van der Waals surface area (Å²) in [4.78, 5) is 0. The molecule has 96 valence electrons. The molecule has 1 aromatic heterocycles. The van der Waals surface area contributed by atoms with E-state index in [1.54, 1.807) is 12.1 Å². The summed E-state index contributed by atoms with van der Waals surface area (Å²) in [5, 5.41) is 17.1. The van der Waals surface area contributed by atoms with Crippen LogP contribution in [0.3, 0.4) is 0 Å². The van der Waals surface area contributed by atoms with Crippen LogP contribution in [-0.4, -0.2) is 22.0 Å². The molecular formula is C13H17N3O2. The Morgan fingerprint density at radius 2 is 2.28 bits per heavy atom. The van der Waals surface area contributed by atoms with Gasteiger partial charge in [-0.1, -0.05) is 0 Å². The fourth-order valence-electron chi connectivity index (χ4n) is 1.67. The Labute approximate surface area is 106 Å². The number of aromatic nitrogens is 2. The van der Waals surface area contributed by atoms with Gasteiger partial charge in [-0.2, -0.15) is 5.10 Å². The van der Waals surface area contributed by atoms with Gasteiger partial charge in [0, 0.05) is 36.6 Å². The topological polar surface area (TPSA) is 59.3 Å². The van der Waals surface area contributed by atoms with E-state index in [0.717, 1.165) is 17.8 Å². The van der Waals surface area contributed by atoms with Crippen molar-refractivity contribution in [3.8, 4) is 11.5 Å². The molecule has 0 fully saturated rings. The van der Waals surface area contributed by atoms with E-state index in [0.29, 0.717) is 12.3 Å². The summed E-state index contributed by atoms with van der Waals surface area (Å²) >= 11 is 0. The molecule has 0 spiro atoms. The maximum Gasteiger partial charge on any atom is 0.160 e. The number of aromatic hydroxyl groups is 1. The van der Waals surface area contributed by atoms with Crippen LogP contribution in [0, 0.1) is 0 Å². The Kier molecular flexibility index (Phi) is 3.72. The molecular weight excluding hydrogens is 230 g/mol. The number of hydrogen-bond donors (Lipinski definition) is 2. The van der Waals surface area contributed by atoms with Crippen molar-refractivity contribution in [1.82, 2.24) is 9.78 Å². The van der Waals surface area contributed by atoms with Crippen molar-refractivity contribution in [3.05, 3.63) is 36.2 Å². The minimum Gasteiger partial charge on any atom is -0.504 e. The highest BCUT2D eigenvalue weighted by molar-refractivity contribution is 5.54. The van der Waals surface area contributed by atoms with Crippen LogP contribution in [0.5, 0.6) is 11.5 Å². The molecule has 0 aliphatic carbocycles. The van der Waals surface area contributed by atoms with Crippen LogP contribution in [-0.2, 0) is 13.1 Å². The maximum absolute atomic E-state index is 9.65. The Bertz CT molecular complexity index is 523. The molecule has 2 rings (SSSR count). The zero-order valence-electron chi connectivity index (χ0n) is 10.6. The number of aryl methyl sites for hydroxylation is 1. The minimum atomic E-state index is 0.131. The first-order chi connectivity index (χ1) is 8.72. The highest BCUT2D eigenvalue weighted by atomic mass is 16.5. The van der Waals surface area contributed by atoms with E-state index in [-0.39, 0.29) is 5.75 Å². The summed E-state index contributed by atoms with van der Waals surface area (Å²) in [5.41, 5.74) is 1.95. The molecule has 0 saturated heterocycles. The fourth-order valence-corrected chi connectivity index (χ4v) is 1.67. The predicted octanol–water partition coefficient (Wildman–Crippen LogP) is 2.23. The third-order valence-corrected chi connectivity index (χ3v) is 2.69. The first kappa shape index (κ1) is 12.3. The Morgan fingerprint density at radius 3 is 2.89 bits per heavy atom. The Morgan fingerprint density at radius 1 is 1.44 bits per heavy atom. The van der Waals surface area contributed by atoms with Gasteiger partial charge in [0.25, 0.3) is 0 Å².